The van der Waals surface area contributed by atoms with Crippen molar-refractivity contribution in [1.29, 1.82) is 0 Å². The molecule has 4 heteroatoms. The summed E-state index contributed by atoms with van der Waals surface area (Å²) in [4.78, 5) is 12.2. The van der Waals surface area contributed by atoms with Gasteiger partial charge in [-0.15, -0.1) is 0 Å². The van der Waals surface area contributed by atoms with E-state index >= 15 is 0 Å². The van der Waals surface area contributed by atoms with Gasteiger partial charge in [-0.05, 0) is 53.1 Å². The maximum absolute atomic E-state index is 11.9. The molecule has 0 aliphatic carbocycles. The molecule has 0 bridgehead atoms. The van der Waals surface area contributed by atoms with Crippen molar-refractivity contribution in [1.82, 2.24) is 5.32 Å². The van der Waals surface area contributed by atoms with E-state index in [0.29, 0.717) is 17.3 Å². The Morgan fingerprint density at radius 2 is 2.18 bits per heavy atom. The second-order valence-corrected chi connectivity index (χ2v) is 6.99. The molecule has 0 saturated heterocycles. The Kier molecular flexibility index (Phi) is 6.48. The highest BCUT2D eigenvalue weighted by Crippen LogP contribution is 2.12. The molecule has 94 valence electrons. The van der Waals surface area contributed by atoms with Gasteiger partial charge < -0.3 is 5.32 Å². The van der Waals surface area contributed by atoms with Gasteiger partial charge >= 0.3 is 0 Å². The first-order chi connectivity index (χ1) is 7.99. The highest BCUT2D eigenvalue weighted by Gasteiger charge is 2.10. The molecule has 2 nitrogen and oxygen atoms in total. The van der Waals surface area contributed by atoms with E-state index in [4.69, 9.17) is 0 Å². The van der Waals surface area contributed by atoms with Crippen LogP contribution in [0.2, 0.25) is 0 Å². The van der Waals surface area contributed by atoms with Crippen LogP contribution in [0.1, 0.15) is 30.6 Å². The number of halogens is 2. The Hall–Kier alpha value is -0.100. The average Bonchev–Trinajstić information content (AvgIpc) is 2.25. The average molecular weight is 410 g/mol. The zero-order valence-electron chi connectivity index (χ0n) is 10.0. The molecule has 0 saturated carbocycles. The third-order valence-corrected chi connectivity index (χ3v) is 3.67. The first kappa shape index (κ1) is 15.0. The van der Waals surface area contributed by atoms with Crippen LogP contribution < -0.4 is 5.32 Å². The lowest BCUT2D eigenvalue weighted by Crippen LogP contribution is -2.30. The Labute approximate surface area is 125 Å². The fourth-order valence-corrected chi connectivity index (χ4v) is 2.98. The van der Waals surface area contributed by atoms with Crippen molar-refractivity contribution in [3.63, 3.8) is 0 Å². The number of carbonyl (C=O) groups is 1. The lowest BCUT2D eigenvalue weighted by atomic mass is 10.1. The van der Waals surface area contributed by atoms with Crippen LogP contribution in [0, 0.1) is 9.49 Å². The molecule has 0 aromatic heterocycles. The summed E-state index contributed by atoms with van der Waals surface area (Å²) in [5, 5.41) is 2.94. The topological polar surface area (TPSA) is 29.1 Å². The summed E-state index contributed by atoms with van der Waals surface area (Å²) in [7, 11) is 0. The van der Waals surface area contributed by atoms with Crippen LogP contribution in [-0.2, 0) is 0 Å². The van der Waals surface area contributed by atoms with E-state index in [2.05, 4.69) is 57.7 Å². The van der Waals surface area contributed by atoms with E-state index in [0.717, 1.165) is 15.6 Å². The van der Waals surface area contributed by atoms with E-state index in [9.17, 15) is 4.79 Å². The molecule has 1 aromatic carbocycles. The smallest absolute Gasteiger partial charge is 0.251 e. The van der Waals surface area contributed by atoms with Crippen LogP contribution in [0.3, 0.4) is 0 Å². The molecular formula is C13H17BrINO. The molecule has 0 aliphatic rings. The molecule has 0 radical (unpaired) electrons. The highest BCUT2D eigenvalue weighted by molar-refractivity contribution is 14.1. The quantitative estimate of drug-likeness (QED) is 0.581. The van der Waals surface area contributed by atoms with Crippen LogP contribution in [0.4, 0.5) is 0 Å². The third-order valence-electron chi connectivity index (χ3n) is 2.30. The fourth-order valence-electron chi connectivity index (χ4n) is 1.53. The van der Waals surface area contributed by atoms with Gasteiger partial charge in [0.25, 0.3) is 5.91 Å². The summed E-state index contributed by atoms with van der Waals surface area (Å²) in [6.45, 7) is 5.02. The molecule has 1 unspecified atom stereocenters. The zero-order chi connectivity index (χ0) is 12.8. The first-order valence-electron chi connectivity index (χ1n) is 5.67. The number of rotatable bonds is 5. The molecule has 1 N–H and O–H groups in total. The number of hydrogen-bond acceptors (Lipinski definition) is 1. The SMILES string of the molecule is CC(C)CC(Br)CNC(=O)c1cccc(I)c1. The predicted octanol–water partition coefficient (Wildman–Crippen LogP) is 3.83. The number of amides is 1. The molecule has 0 spiro atoms. The van der Waals surface area contributed by atoms with Crippen molar-refractivity contribution < 1.29 is 4.79 Å². The molecule has 0 aliphatic heterocycles. The molecule has 1 rings (SSSR count). The third kappa shape index (κ3) is 5.86. The second-order valence-electron chi connectivity index (χ2n) is 4.45. The van der Waals surface area contributed by atoms with Gasteiger partial charge in [0.2, 0.25) is 0 Å². The standard InChI is InChI=1S/C13H17BrINO/c1-9(2)6-11(14)8-16-13(17)10-4-3-5-12(15)7-10/h3-5,7,9,11H,6,8H2,1-2H3,(H,16,17). The molecule has 1 atom stereocenters. The van der Waals surface area contributed by atoms with Gasteiger partial charge in [-0.2, -0.15) is 0 Å². The maximum atomic E-state index is 11.9. The van der Waals surface area contributed by atoms with Gasteiger partial charge in [0.15, 0.2) is 0 Å². The zero-order valence-corrected chi connectivity index (χ0v) is 13.8. The molecule has 0 fully saturated rings. The summed E-state index contributed by atoms with van der Waals surface area (Å²) in [5.41, 5.74) is 0.723. The maximum Gasteiger partial charge on any atom is 0.251 e. The molecule has 0 heterocycles. The first-order valence-corrected chi connectivity index (χ1v) is 7.66. The lowest BCUT2D eigenvalue weighted by Gasteiger charge is -2.13. The van der Waals surface area contributed by atoms with Gasteiger partial charge in [-0.1, -0.05) is 35.8 Å². The summed E-state index contributed by atoms with van der Waals surface area (Å²) in [6.07, 6.45) is 1.06. The van der Waals surface area contributed by atoms with E-state index < -0.39 is 0 Å². The Balaban J connectivity index is 2.45. The number of benzene rings is 1. The summed E-state index contributed by atoms with van der Waals surface area (Å²) < 4.78 is 1.08. The Bertz CT molecular complexity index is 381. The molecule has 1 amide bonds. The van der Waals surface area contributed by atoms with Gasteiger partial charge in [0.05, 0.1) is 0 Å². The fraction of sp³-hybridized carbons (Fsp3) is 0.462. The van der Waals surface area contributed by atoms with Crippen LogP contribution in [0.25, 0.3) is 0 Å². The monoisotopic (exact) mass is 409 g/mol. The van der Waals surface area contributed by atoms with E-state index in [1.54, 1.807) is 0 Å². The van der Waals surface area contributed by atoms with Crippen molar-refractivity contribution in [2.24, 2.45) is 5.92 Å². The van der Waals surface area contributed by atoms with Gasteiger partial charge in [-0.25, -0.2) is 0 Å². The van der Waals surface area contributed by atoms with Crippen molar-refractivity contribution in [3.8, 4) is 0 Å². The summed E-state index contributed by atoms with van der Waals surface area (Å²) >= 11 is 5.79. The number of nitrogens with one attached hydrogen (secondary N) is 1. The number of hydrogen-bond donors (Lipinski definition) is 1. The highest BCUT2D eigenvalue weighted by atomic mass is 127. The minimum absolute atomic E-state index is 0.00304. The van der Waals surface area contributed by atoms with Gasteiger partial charge in [-0.3, -0.25) is 4.79 Å². The molecular weight excluding hydrogens is 393 g/mol. The van der Waals surface area contributed by atoms with Gasteiger partial charge in [0.1, 0.15) is 0 Å². The molecule has 1 aromatic rings. The number of alkyl halides is 1. The Morgan fingerprint density at radius 3 is 2.76 bits per heavy atom. The van der Waals surface area contributed by atoms with Crippen molar-refractivity contribution in [2.75, 3.05) is 6.54 Å². The lowest BCUT2D eigenvalue weighted by molar-refractivity contribution is 0.0953. The van der Waals surface area contributed by atoms with E-state index in [-0.39, 0.29) is 5.91 Å². The normalized spacial score (nSPS) is 12.5. The number of carbonyl (C=O) groups excluding carboxylic acids is 1. The second kappa shape index (κ2) is 7.36. The summed E-state index contributed by atoms with van der Waals surface area (Å²) in [6, 6.07) is 7.60. The molecule has 17 heavy (non-hydrogen) atoms. The van der Waals surface area contributed by atoms with Crippen LogP contribution in [0.5, 0.6) is 0 Å². The Morgan fingerprint density at radius 1 is 1.47 bits per heavy atom. The van der Waals surface area contributed by atoms with Crippen LogP contribution >= 0.6 is 38.5 Å². The van der Waals surface area contributed by atoms with Crippen molar-refractivity contribution in [3.05, 3.63) is 33.4 Å². The van der Waals surface area contributed by atoms with E-state index in [1.807, 2.05) is 24.3 Å². The van der Waals surface area contributed by atoms with Gasteiger partial charge in [0, 0.05) is 20.5 Å². The van der Waals surface area contributed by atoms with Crippen LogP contribution in [-0.4, -0.2) is 17.3 Å². The summed E-state index contributed by atoms with van der Waals surface area (Å²) in [5.74, 6) is 0.630. The minimum Gasteiger partial charge on any atom is -0.351 e. The largest absolute Gasteiger partial charge is 0.351 e. The van der Waals surface area contributed by atoms with Crippen molar-refractivity contribution in [2.45, 2.75) is 25.1 Å². The predicted molar refractivity (Wildman–Crippen MR) is 83.7 cm³/mol. The minimum atomic E-state index is -0.00304. The van der Waals surface area contributed by atoms with Crippen molar-refractivity contribution >= 4 is 44.4 Å². The van der Waals surface area contributed by atoms with Crippen LogP contribution in [0.15, 0.2) is 24.3 Å². The van der Waals surface area contributed by atoms with E-state index in [1.165, 1.54) is 0 Å².